The van der Waals surface area contributed by atoms with Crippen molar-refractivity contribution in [2.45, 2.75) is 13.0 Å². The van der Waals surface area contributed by atoms with Gasteiger partial charge in [-0.15, -0.1) is 0 Å². The minimum atomic E-state index is -1.05. The van der Waals surface area contributed by atoms with Crippen molar-refractivity contribution >= 4 is 11.5 Å². The van der Waals surface area contributed by atoms with Gasteiger partial charge in [-0.1, -0.05) is 0 Å². The third-order valence-electron chi connectivity index (χ3n) is 2.47. The number of carbonyl (C=O) groups is 1. The summed E-state index contributed by atoms with van der Waals surface area (Å²) >= 11 is 0. The van der Waals surface area contributed by atoms with Crippen LogP contribution in [0.1, 0.15) is 29.1 Å². The molecule has 0 fully saturated rings. The van der Waals surface area contributed by atoms with E-state index in [4.69, 9.17) is 9.84 Å². The lowest BCUT2D eigenvalue weighted by Crippen LogP contribution is -2.03. The maximum absolute atomic E-state index is 11.0. The van der Waals surface area contributed by atoms with Gasteiger partial charge in [0.25, 0.3) is 0 Å². The maximum Gasteiger partial charge on any atom is 0.337 e. The van der Waals surface area contributed by atoms with Crippen molar-refractivity contribution in [3.05, 3.63) is 29.5 Å². The summed E-state index contributed by atoms with van der Waals surface area (Å²) in [4.78, 5) is 11.0. The van der Waals surface area contributed by atoms with Gasteiger partial charge in [0.1, 0.15) is 0 Å². The first-order chi connectivity index (χ1) is 8.04. The molecule has 0 aliphatic heterocycles. The molecule has 0 saturated heterocycles. The van der Waals surface area contributed by atoms with E-state index in [2.05, 4.69) is 5.10 Å². The number of aromatic nitrogens is 2. The van der Waals surface area contributed by atoms with Crippen LogP contribution in [0.4, 0.5) is 0 Å². The first-order valence-corrected chi connectivity index (χ1v) is 5.02. The van der Waals surface area contributed by atoms with Crippen LogP contribution in [0.15, 0.2) is 18.2 Å². The Hall–Kier alpha value is -2.08. The van der Waals surface area contributed by atoms with Gasteiger partial charge in [0.2, 0.25) is 5.88 Å². The van der Waals surface area contributed by atoms with E-state index in [1.165, 1.54) is 29.8 Å². The Labute approximate surface area is 97.1 Å². The molecule has 0 aromatic carbocycles. The van der Waals surface area contributed by atoms with Crippen molar-refractivity contribution in [1.82, 2.24) is 9.61 Å². The number of fused-ring (bicyclic) bond motifs is 1. The number of aliphatic hydroxyl groups is 1. The minimum Gasteiger partial charge on any atom is -0.481 e. The number of aliphatic hydroxyl groups excluding tert-OH is 1. The smallest absolute Gasteiger partial charge is 0.337 e. The fourth-order valence-corrected chi connectivity index (χ4v) is 1.61. The Balaban J connectivity index is 2.76. The molecule has 1 unspecified atom stereocenters. The van der Waals surface area contributed by atoms with Crippen LogP contribution in [0, 0.1) is 0 Å². The Kier molecular flexibility index (Phi) is 2.72. The highest BCUT2D eigenvalue weighted by molar-refractivity contribution is 5.95. The fourth-order valence-electron chi connectivity index (χ4n) is 1.61. The van der Waals surface area contributed by atoms with E-state index in [1.54, 1.807) is 6.92 Å². The van der Waals surface area contributed by atoms with E-state index in [0.717, 1.165) is 0 Å². The number of methoxy groups -OCH3 is 1. The van der Waals surface area contributed by atoms with Gasteiger partial charge in [0.15, 0.2) is 0 Å². The average Bonchev–Trinajstić information content (AvgIpc) is 2.71. The van der Waals surface area contributed by atoms with E-state index < -0.39 is 12.1 Å². The molecule has 17 heavy (non-hydrogen) atoms. The van der Waals surface area contributed by atoms with Crippen LogP contribution in [-0.4, -0.2) is 32.9 Å². The van der Waals surface area contributed by atoms with E-state index >= 15 is 0 Å². The number of hydrogen-bond donors (Lipinski definition) is 2. The lowest BCUT2D eigenvalue weighted by molar-refractivity contribution is 0.0698. The molecule has 2 aromatic rings. The molecule has 0 bridgehead atoms. The standard InChI is InChI=1S/C11H12N2O4/c1-6(14)8-5-9-7(11(15)16)3-4-10(17-2)13(9)12-8/h3-6,14H,1-2H3,(H,15,16). The van der Waals surface area contributed by atoms with Crippen LogP contribution in [-0.2, 0) is 0 Å². The van der Waals surface area contributed by atoms with Gasteiger partial charge in [0, 0.05) is 6.07 Å². The van der Waals surface area contributed by atoms with Crippen LogP contribution >= 0.6 is 0 Å². The lowest BCUT2D eigenvalue weighted by atomic mass is 10.2. The number of ether oxygens (including phenoxy) is 1. The number of pyridine rings is 1. The molecule has 90 valence electrons. The quantitative estimate of drug-likeness (QED) is 0.833. The molecule has 0 aliphatic carbocycles. The molecule has 0 radical (unpaired) electrons. The summed E-state index contributed by atoms with van der Waals surface area (Å²) in [5, 5.41) is 22.6. The molecule has 0 amide bonds. The van der Waals surface area contributed by atoms with Gasteiger partial charge < -0.3 is 14.9 Å². The van der Waals surface area contributed by atoms with Gasteiger partial charge in [-0.05, 0) is 19.1 Å². The van der Waals surface area contributed by atoms with Crippen molar-refractivity contribution < 1.29 is 19.7 Å². The second-order valence-corrected chi connectivity index (χ2v) is 3.64. The zero-order valence-electron chi connectivity index (χ0n) is 9.41. The highest BCUT2D eigenvalue weighted by Crippen LogP contribution is 2.22. The molecule has 2 aromatic heterocycles. The first kappa shape index (κ1) is 11.4. The van der Waals surface area contributed by atoms with Crippen molar-refractivity contribution in [3.63, 3.8) is 0 Å². The van der Waals surface area contributed by atoms with Gasteiger partial charge >= 0.3 is 5.97 Å². The average molecular weight is 236 g/mol. The normalized spacial score (nSPS) is 12.6. The summed E-state index contributed by atoms with van der Waals surface area (Å²) < 4.78 is 6.45. The highest BCUT2D eigenvalue weighted by atomic mass is 16.5. The second kappa shape index (κ2) is 4.06. The predicted octanol–water partition coefficient (Wildman–Crippen LogP) is 1.09. The van der Waals surface area contributed by atoms with Crippen molar-refractivity contribution in [1.29, 1.82) is 0 Å². The second-order valence-electron chi connectivity index (χ2n) is 3.64. The molecule has 2 N–H and O–H groups in total. The zero-order valence-corrected chi connectivity index (χ0v) is 9.41. The maximum atomic E-state index is 11.0. The van der Waals surface area contributed by atoms with Crippen molar-refractivity contribution in [2.75, 3.05) is 7.11 Å². The Bertz CT molecular complexity index is 574. The van der Waals surface area contributed by atoms with Crippen molar-refractivity contribution in [3.8, 4) is 5.88 Å². The van der Waals surface area contributed by atoms with E-state index in [1.807, 2.05) is 0 Å². The van der Waals surface area contributed by atoms with Gasteiger partial charge in [-0.25, -0.2) is 4.79 Å². The van der Waals surface area contributed by atoms with Crippen LogP contribution in [0.3, 0.4) is 0 Å². The monoisotopic (exact) mass is 236 g/mol. The number of carboxylic acids is 1. The highest BCUT2D eigenvalue weighted by Gasteiger charge is 2.16. The Morgan fingerprint density at radius 2 is 2.24 bits per heavy atom. The molecule has 0 saturated carbocycles. The summed E-state index contributed by atoms with van der Waals surface area (Å²) in [7, 11) is 1.47. The van der Waals surface area contributed by atoms with E-state index in [9.17, 15) is 9.90 Å². The summed E-state index contributed by atoms with van der Waals surface area (Å²) in [6.45, 7) is 1.56. The predicted molar refractivity (Wildman–Crippen MR) is 59.3 cm³/mol. The third-order valence-corrected chi connectivity index (χ3v) is 2.47. The van der Waals surface area contributed by atoms with Crippen molar-refractivity contribution in [2.24, 2.45) is 0 Å². The number of rotatable bonds is 3. The third kappa shape index (κ3) is 1.83. The Morgan fingerprint density at radius 3 is 2.76 bits per heavy atom. The molecule has 6 heteroatoms. The summed E-state index contributed by atoms with van der Waals surface area (Å²) in [6.07, 6.45) is -0.763. The topological polar surface area (TPSA) is 84.1 Å². The van der Waals surface area contributed by atoms with Gasteiger partial charge in [0.05, 0.1) is 30.0 Å². The SMILES string of the molecule is COc1ccc(C(=O)O)c2cc(C(C)O)nn12. The van der Waals surface area contributed by atoms with E-state index in [-0.39, 0.29) is 5.56 Å². The lowest BCUT2D eigenvalue weighted by Gasteiger charge is -2.04. The molecule has 2 heterocycles. The minimum absolute atomic E-state index is 0.116. The van der Waals surface area contributed by atoms with Crippen LogP contribution in [0.5, 0.6) is 5.88 Å². The number of nitrogens with zero attached hydrogens (tertiary/aromatic N) is 2. The fraction of sp³-hybridized carbons (Fsp3) is 0.273. The van der Waals surface area contributed by atoms with E-state index in [0.29, 0.717) is 17.1 Å². The summed E-state index contributed by atoms with van der Waals surface area (Å²) in [6, 6.07) is 4.51. The van der Waals surface area contributed by atoms with Gasteiger partial charge in [-0.3, -0.25) is 0 Å². The largest absolute Gasteiger partial charge is 0.481 e. The van der Waals surface area contributed by atoms with Crippen LogP contribution in [0.25, 0.3) is 5.52 Å². The molecule has 0 aliphatic rings. The molecule has 2 rings (SSSR count). The Morgan fingerprint density at radius 1 is 1.53 bits per heavy atom. The number of hydrogen-bond acceptors (Lipinski definition) is 4. The molecule has 1 atom stereocenters. The zero-order chi connectivity index (χ0) is 12.6. The summed E-state index contributed by atoms with van der Waals surface area (Å²) in [5.74, 6) is -0.633. The first-order valence-electron chi connectivity index (χ1n) is 5.02. The number of aromatic carboxylic acids is 1. The molecule has 6 nitrogen and oxygen atoms in total. The number of carboxylic acid groups (broad SMARTS) is 1. The molecule has 0 spiro atoms. The van der Waals surface area contributed by atoms with Gasteiger partial charge in [-0.2, -0.15) is 9.61 Å². The molecular weight excluding hydrogens is 224 g/mol. The summed E-state index contributed by atoms with van der Waals surface area (Å²) in [5.41, 5.74) is 0.912. The van der Waals surface area contributed by atoms with Crippen LogP contribution < -0.4 is 4.74 Å². The van der Waals surface area contributed by atoms with Crippen LogP contribution in [0.2, 0.25) is 0 Å². The molecular formula is C11H12N2O4.